The first-order chi connectivity index (χ1) is 6.81. The summed E-state index contributed by atoms with van der Waals surface area (Å²) < 4.78 is 1.78. The molecule has 0 atom stereocenters. The third kappa shape index (κ3) is 1.37. The van der Waals surface area contributed by atoms with Crippen LogP contribution in [0.3, 0.4) is 0 Å². The second-order valence-electron chi connectivity index (χ2n) is 2.86. The predicted octanol–water partition coefficient (Wildman–Crippen LogP) is 0.0182. The number of nitrogens with two attached hydrogens (primary N) is 1. The van der Waals surface area contributed by atoms with Crippen molar-refractivity contribution in [3.8, 4) is 0 Å². The van der Waals surface area contributed by atoms with Crippen molar-refractivity contribution in [1.29, 1.82) is 0 Å². The maximum atomic E-state index is 8.44. The molecule has 14 heavy (non-hydrogen) atoms. The number of hydrogen-bond acceptors (Lipinski definition) is 4. The zero-order valence-electron chi connectivity index (χ0n) is 7.33. The van der Waals surface area contributed by atoms with Gasteiger partial charge in [0.15, 0.2) is 5.65 Å². The second-order valence-corrected chi connectivity index (χ2v) is 2.86. The number of fused-ring (bicyclic) bond motifs is 1. The van der Waals surface area contributed by atoms with E-state index in [0.29, 0.717) is 6.42 Å². The van der Waals surface area contributed by atoms with Gasteiger partial charge in [-0.3, -0.25) is 4.40 Å². The summed E-state index contributed by atoms with van der Waals surface area (Å²) in [4.78, 5) is 0. The number of rotatable bonds is 2. The Balaban J connectivity index is 2.46. The van der Waals surface area contributed by atoms with Crippen LogP contribution in [0.2, 0.25) is 0 Å². The first-order valence-electron chi connectivity index (χ1n) is 4.05. The van der Waals surface area contributed by atoms with Gasteiger partial charge in [0.2, 0.25) is 0 Å². The number of pyridine rings is 1. The lowest BCUT2D eigenvalue weighted by atomic mass is 10.2. The van der Waals surface area contributed by atoms with Crippen LogP contribution in [0.5, 0.6) is 0 Å². The van der Waals surface area contributed by atoms with E-state index in [0.717, 1.165) is 11.2 Å². The smallest absolute Gasteiger partial charge is 0.164 e. The molecule has 0 aliphatic rings. The molecule has 0 aliphatic heterocycles. The summed E-state index contributed by atoms with van der Waals surface area (Å²) in [7, 11) is 0. The van der Waals surface area contributed by atoms with Gasteiger partial charge in [-0.2, -0.15) is 0 Å². The Hall–Kier alpha value is -2.11. The molecule has 0 amide bonds. The van der Waals surface area contributed by atoms with E-state index in [4.69, 9.17) is 10.9 Å². The van der Waals surface area contributed by atoms with Crippen LogP contribution in [0.1, 0.15) is 5.56 Å². The minimum absolute atomic E-state index is 0.154. The average molecular weight is 191 g/mol. The summed E-state index contributed by atoms with van der Waals surface area (Å²) in [5.41, 5.74) is 7.00. The Bertz CT molecular complexity index is 475. The Labute approximate surface area is 79.7 Å². The predicted molar refractivity (Wildman–Crippen MR) is 50.1 cm³/mol. The van der Waals surface area contributed by atoms with Gasteiger partial charge in [-0.05, 0) is 6.07 Å². The van der Waals surface area contributed by atoms with Crippen molar-refractivity contribution in [2.24, 2.45) is 10.9 Å². The molecule has 0 aliphatic carbocycles. The van der Waals surface area contributed by atoms with Crippen LogP contribution in [0.4, 0.5) is 0 Å². The lowest BCUT2D eigenvalue weighted by molar-refractivity contribution is 0.317. The highest BCUT2D eigenvalue weighted by atomic mass is 16.4. The molecular weight excluding hydrogens is 182 g/mol. The van der Waals surface area contributed by atoms with Crippen molar-refractivity contribution in [3.63, 3.8) is 0 Å². The van der Waals surface area contributed by atoms with Gasteiger partial charge in [-0.15, -0.1) is 10.2 Å². The Morgan fingerprint density at radius 1 is 1.64 bits per heavy atom. The minimum atomic E-state index is 0.154. The monoisotopic (exact) mass is 191 g/mol. The minimum Gasteiger partial charge on any atom is -0.409 e. The van der Waals surface area contributed by atoms with Crippen LogP contribution in [0.15, 0.2) is 29.8 Å². The third-order valence-electron chi connectivity index (χ3n) is 1.90. The Morgan fingerprint density at radius 2 is 2.50 bits per heavy atom. The summed E-state index contributed by atoms with van der Waals surface area (Å²) in [6.45, 7) is 0. The van der Waals surface area contributed by atoms with Gasteiger partial charge in [-0.1, -0.05) is 11.2 Å². The maximum absolute atomic E-state index is 8.44. The Morgan fingerprint density at radius 3 is 3.29 bits per heavy atom. The highest BCUT2D eigenvalue weighted by Crippen LogP contribution is 2.07. The van der Waals surface area contributed by atoms with Gasteiger partial charge < -0.3 is 10.9 Å². The molecule has 3 N–H and O–H groups in total. The molecule has 6 nitrogen and oxygen atoms in total. The summed E-state index contributed by atoms with van der Waals surface area (Å²) in [6, 6.07) is 3.72. The van der Waals surface area contributed by atoms with E-state index in [-0.39, 0.29) is 5.84 Å². The maximum Gasteiger partial charge on any atom is 0.164 e. The molecule has 0 aromatic carbocycles. The highest BCUT2D eigenvalue weighted by Gasteiger charge is 2.04. The van der Waals surface area contributed by atoms with Crippen LogP contribution >= 0.6 is 0 Å². The number of amidine groups is 1. The number of aromatic nitrogens is 3. The lowest BCUT2D eigenvalue weighted by Crippen LogP contribution is -2.15. The van der Waals surface area contributed by atoms with Crippen LogP contribution in [0, 0.1) is 0 Å². The van der Waals surface area contributed by atoms with Gasteiger partial charge in [0, 0.05) is 18.2 Å². The zero-order valence-corrected chi connectivity index (χ0v) is 7.33. The van der Waals surface area contributed by atoms with E-state index in [1.165, 1.54) is 0 Å². The third-order valence-corrected chi connectivity index (χ3v) is 1.90. The van der Waals surface area contributed by atoms with Crippen molar-refractivity contribution in [3.05, 3.63) is 30.2 Å². The van der Waals surface area contributed by atoms with Gasteiger partial charge in [0.05, 0.1) is 0 Å². The van der Waals surface area contributed by atoms with E-state index in [1.54, 1.807) is 10.7 Å². The normalized spacial score (nSPS) is 12.1. The molecule has 2 aromatic rings. The molecule has 72 valence electrons. The fourth-order valence-corrected chi connectivity index (χ4v) is 1.28. The molecular formula is C8H9N5O. The van der Waals surface area contributed by atoms with E-state index >= 15 is 0 Å². The van der Waals surface area contributed by atoms with Gasteiger partial charge in [-0.25, -0.2) is 0 Å². The molecule has 0 saturated heterocycles. The average Bonchev–Trinajstić information content (AvgIpc) is 2.66. The van der Waals surface area contributed by atoms with E-state index in [2.05, 4.69) is 15.4 Å². The van der Waals surface area contributed by atoms with E-state index < -0.39 is 0 Å². The summed E-state index contributed by atoms with van der Waals surface area (Å²) >= 11 is 0. The fraction of sp³-hybridized carbons (Fsp3) is 0.125. The van der Waals surface area contributed by atoms with Crippen molar-refractivity contribution in [2.45, 2.75) is 6.42 Å². The topological polar surface area (TPSA) is 88.8 Å². The Kier molecular flexibility index (Phi) is 2.02. The number of oxime groups is 1. The first-order valence-corrected chi connectivity index (χ1v) is 4.05. The number of nitrogens with zero attached hydrogens (tertiary/aromatic N) is 4. The number of hydrogen-bond donors (Lipinski definition) is 2. The molecule has 0 fully saturated rings. The molecule has 6 heteroatoms. The van der Waals surface area contributed by atoms with Crippen LogP contribution in [-0.2, 0) is 6.42 Å². The van der Waals surface area contributed by atoms with Crippen molar-refractivity contribution < 1.29 is 5.21 Å². The van der Waals surface area contributed by atoms with E-state index in [1.807, 2.05) is 18.3 Å². The SMILES string of the molecule is N/C(Cc1cccn2cnnc12)=N\O. The van der Waals surface area contributed by atoms with Crippen molar-refractivity contribution in [2.75, 3.05) is 0 Å². The van der Waals surface area contributed by atoms with Crippen molar-refractivity contribution >= 4 is 11.5 Å². The largest absolute Gasteiger partial charge is 0.409 e. The molecule has 0 radical (unpaired) electrons. The van der Waals surface area contributed by atoms with E-state index in [9.17, 15) is 0 Å². The van der Waals surface area contributed by atoms with Crippen LogP contribution in [-0.4, -0.2) is 25.6 Å². The standard InChI is InChI=1S/C8H9N5O/c9-7(12-14)4-6-2-1-3-13-5-10-11-8(6)13/h1-3,5,14H,4H2,(H2,9,12). The molecule has 0 bridgehead atoms. The summed E-state index contributed by atoms with van der Waals surface area (Å²) in [6.07, 6.45) is 3.80. The van der Waals surface area contributed by atoms with Gasteiger partial charge in [0.25, 0.3) is 0 Å². The molecule has 2 heterocycles. The molecule has 2 aromatic heterocycles. The lowest BCUT2D eigenvalue weighted by Gasteiger charge is -2.00. The molecule has 0 spiro atoms. The summed E-state index contributed by atoms with van der Waals surface area (Å²) in [5, 5.41) is 19.0. The molecule has 2 rings (SSSR count). The zero-order chi connectivity index (χ0) is 9.97. The van der Waals surface area contributed by atoms with Crippen LogP contribution in [0.25, 0.3) is 5.65 Å². The summed E-state index contributed by atoms with van der Waals surface area (Å²) in [5.74, 6) is 0.154. The first kappa shape index (κ1) is 8.49. The van der Waals surface area contributed by atoms with Gasteiger partial charge in [0.1, 0.15) is 12.2 Å². The van der Waals surface area contributed by atoms with Crippen LogP contribution < -0.4 is 5.73 Å². The second kappa shape index (κ2) is 3.33. The van der Waals surface area contributed by atoms with Gasteiger partial charge >= 0.3 is 0 Å². The quantitative estimate of drug-likeness (QED) is 0.303. The fourth-order valence-electron chi connectivity index (χ4n) is 1.28. The van der Waals surface area contributed by atoms with Crippen molar-refractivity contribution in [1.82, 2.24) is 14.6 Å². The highest BCUT2D eigenvalue weighted by molar-refractivity contribution is 5.83. The molecule has 0 unspecified atom stereocenters. The molecule has 0 saturated carbocycles.